The molecule has 3 aromatic carbocycles. The lowest BCUT2D eigenvalue weighted by Gasteiger charge is -2.21. The lowest BCUT2D eigenvalue weighted by Crippen LogP contribution is -2.28. The van der Waals surface area contributed by atoms with Gasteiger partial charge in [-0.2, -0.15) is 0 Å². The molecule has 180 valence electrons. The first-order chi connectivity index (χ1) is 16.2. The molecule has 3 rings (SSSR count). The second kappa shape index (κ2) is 10.6. The maximum absolute atomic E-state index is 13.1. The molecule has 0 aliphatic carbocycles. The molecular weight excluding hydrogens is 452 g/mol. The van der Waals surface area contributed by atoms with Gasteiger partial charge in [-0.15, -0.1) is 0 Å². The zero-order chi connectivity index (χ0) is 24.9. The highest BCUT2D eigenvalue weighted by Crippen LogP contribution is 2.31. The molecule has 0 saturated carbocycles. The summed E-state index contributed by atoms with van der Waals surface area (Å²) in [5.41, 5.74) is 3.13. The molecule has 0 radical (unpaired) electrons. The van der Waals surface area contributed by atoms with E-state index in [1.165, 1.54) is 39.0 Å². The minimum absolute atomic E-state index is 0.0670. The van der Waals surface area contributed by atoms with E-state index in [-0.39, 0.29) is 16.8 Å². The molecule has 7 nitrogen and oxygen atoms in total. The van der Waals surface area contributed by atoms with Gasteiger partial charge in [0.15, 0.2) is 11.5 Å². The third-order valence-corrected chi connectivity index (χ3v) is 7.52. The van der Waals surface area contributed by atoms with Crippen LogP contribution in [-0.4, -0.2) is 35.6 Å². The summed E-state index contributed by atoms with van der Waals surface area (Å²) in [7, 11) is 0.547. The molecular formula is C26H30N2O5S. The van der Waals surface area contributed by atoms with Crippen molar-refractivity contribution in [3.63, 3.8) is 0 Å². The second-order valence-corrected chi connectivity index (χ2v) is 9.80. The zero-order valence-electron chi connectivity index (χ0n) is 20.0. The number of anilines is 1. The Bertz CT molecular complexity index is 1240. The van der Waals surface area contributed by atoms with Crippen molar-refractivity contribution in [2.75, 3.05) is 25.6 Å². The van der Waals surface area contributed by atoms with Crippen LogP contribution >= 0.6 is 0 Å². The fraction of sp³-hybridized carbons (Fsp3) is 0.269. The Morgan fingerprint density at radius 1 is 0.941 bits per heavy atom. The number of nitrogens with zero attached hydrogens (tertiary/aromatic N) is 1. The van der Waals surface area contributed by atoms with Crippen molar-refractivity contribution in [1.29, 1.82) is 0 Å². The van der Waals surface area contributed by atoms with Gasteiger partial charge >= 0.3 is 0 Å². The van der Waals surface area contributed by atoms with E-state index in [4.69, 9.17) is 9.47 Å². The van der Waals surface area contributed by atoms with Crippen LogP contribution in [0.4, 0.5) is 5.69 Å². The van der Waals surface area contributed by atoms with Gasteiger partial charge in [-0.3, -0.25) is 9.10 Å². The van der Waals surface area contributed by atoms with E-state index in [2.05, 4.69) is 24.4 Å². The number of amides is 1. The molecule has 0 aliphatic heterocycles. The van der Waals surface area contributed by atoms with Gasteiger partial charge in [0.25, 0.3) is 15.9 Å². The number of carbonyl (C=O) groups is 1. The van der Waals surface area contributed by atoms with Crippen LogP contribution in [0.2, 0.25) is 0 Å². The predicted octanol–water partition coefficient (Wildman–Crippen LogP) is 4.58. The molecule has 0 saturated heterocycles. The van der Waals surface area contributed by atoms with Crippen molar-refractivity contribution < 1.29 is 22.7 Å². The maximum atomic E-state index is 13.1. The van der Waals surface area contributed by atoms with E-state index in [0.717, 1.165) is 16.3 Å². The van der Waals surface area contributed by atoms with Crippen LogP contribution in [0.1, 0.15) is 41.4 Å². The van der Waals surface area contributed by atoms with E-state index >= 15 is 0 Å². The molecule has 0 fully saturated rings. The van der Waals surface area contributed by atoms with Crippen LogP contribution in [0.25, 0.3) is 0 Å². The summed E-state index contributed by atoms with van der Waals surface area (Å²) in [6.45, 7) is 4.02. The standard InChI is InChI=1S/C26H30N2O5S/c1-6-19-7-9-20(10-8-19)18(2)27-26(29)21-11-13-22(14-12-21)28(3)34(30,31)23-15-16-24(32-4)25(17-23)33-5/h7-18H,6H2,1-5H3,(H,27,29)/t18-/m1/s1. The molecule has 0 spiro atoms. The van der Waals surface area contributed by atoms with E-state index in [9.17, 15) is 13.2 Å². The summed E-state index contributed by atoms with van der Waals surface area (Å²) >= 11 is 0. The summed E-state index contributed by atoms with van der Waals surface area (Å²) in [5, 5.41) is 2.98. The maximum Gasteiger partial charge on any atom is 0.264 e. The second-order valence-electron chi connectivity index (χ2n) is 7.83. The first-order valence-electron chi connectivity index (χ1n) is 10.9. The Kier molecular flexibility index (Phi) is 7.83. The zero-order valence-corrected chi connectivity index (χ0v) is 20.8. The smallest absolute Gasteiger partial charge is 0.264 e. The largest absolute Gasteiger partial charge is 0.493 e. The van der Waals surface area contributed by atoms with Gasteiger partial charge in [-0.05, 0) is 60.9 Å². The topological polar surface area (TPSA) is 84.9 Å². The van der Waals surface area contributed by atoms with Gasteiger partial charge < -0.3 is 14.8 Å². The first kappa shape index (κ1) is 25.1. The van der Waals surface area contributed by atoms with Crippen molar-refractivity contribution in [1.82, 2.24) is 5.32 Å². The van der Waals surface area contributed by atoms with Gasteiger partial charge in [0, 0.05) is 18.7 Å². The number of sulfonamides is 1. The van der Waals surface area contributed by atoms with Gasteiger partial charge in [-0.1, -0.05) is 31.2 Å². The summed E-state index contributed by atoms with van der Waals surface area (Å²) in [5.74, 6) is 0.529. The molecule has 8 heteroatoms. The van der Waals surface area contributed by atoms with Gasteiger partial charge in [0.2, 0.25) is 0 Å². The Morgan fingerprint density at radius 3 is 2.12 bits per heavy atom. The monoisotopic (exact) mass is 482 g/mol. The van der Waals surface area contributed by atoms with Crippen LogP contribution < -0.4 is 19.1 Å². The van der Waals surface area contributed by atoms with Crippen molar-refractivity contribution in [3.05, 3.63) is 83.4 Å². The Balaban J connectivity index is 1.74. The van der Waals surface area contributed by atoms with Crippen molar-refractivity contribution in [2.45, 2.75) is 31.2 Å². The quantitative estimate of drug-likeness (QED) is 0.483. The Morgan fingerprint density at radius 2 is 1.56 bits per heavy atom. The predicted molar refractivity (Wildman–Crippen MR) is 133 cm³/mol. The number of methoxy groups -OCH3 is 2. The van der Waals surface area contributed by atoms with Gasteiger partial charge in [0.05, 0.1) is 30.8 Å². The number of aryl methyl sites for hydroxylation is 1. The van der Waals surface area contributed by atoms with Crippen LogP contribution in [-0.2, 0) is 16.4 Å². The number of hydrogen-bond acceptors (Lipinski definition) is 5. The number of carbonyl (C=O) groups excluding carboxylic acids is 1. The number of ether oxygens (including phenoxy) is 2. The molecule has 1 atom stereocenters. The van der Waals surface area contributed by atoms with Crippen molar-refractivity contribution >= 4 is 21.6 Å². The SMILES string of the molecule is CCc1ccc([C@@H](C)NC(=O)c2ccc(N(C)S(=O)(=O)c3ccc(OC)c(OC)c3)cc2)cc1. The molecule has 0 bridgehead atoms. The van der Waals surface area contributed by atoms with Gasteiger partial charge in [-0.25, -0.2) is 8.42 Å². The number of benzene rings is 3. The normalized spacial score (nSPS) is 12.0. The minimum atomic E-state index is -3.85. The molecule has 34 heavy (non-hydrogen) atoms. The van der Waals surface area contributed by atoms with Crippen LogP contribution in [0.5, 0.6) is 11.5 Å². The molecule has 0 aliphatic rings. The number of hydrogen-bond donors (Lipinski definition) is 1. The summed E-state index contributed by atoms with van der Waals surface area (Å²) in [6.07, 6.45) is 0.962. The Hall–Kier alpha value is -3.52. The van der Waals surface area contributed by atoms with Crippen LogP contribution in [0, 0.1) is 0 Å². The van der Waals surface area contributed by atoms with Crippen molar-refractivity contribution in [2.24, 2.45) is 0 Å². The summed E-state index contributed by atoms with van der Waals surface area (Å²) in [6, 6.07) is 18.8. The highest BCUT2D eigenvalue weighted by atomic mass is 32.2. The molecule has 1 N–H and O–H groups in total. The highest BCUT2D eigenvalue weighted by molar-refractivity contribution is 7.92. The lowest BCUT2D eigenvalue weighted by atomic mass is 10.0. The fourth-order valence-corrected chi connectivity index (χ4v) is 4.71. The highest BCUT2D eigenvalue weighted by Gasteiger charge is 2.23. The lowest BCUT2D eigenvalue weighted by molar-refractivity contribution is 0.0940. The van der Waals surface area contributed by atoms with Crippen molar-refractivity contribution in [3.8, 4) is 11.5 Å². The third kappa shape index (κ3) is 5.34. The van der Waals surface area contributed by atoms with Crippen LogP contribution in [0.15, 0.2) is 71.6 Å². The van der Waals surface area contributed by atoms with Crippen LogP contribution in [0.3, 0.4) is 0 Å². The molecule has 0 aromatic heterocycles. The molecule has 0 unspecified atom stereocenters. The average molecular weight is 483 g/mol. The summed E-state index contributed by atoms with van der Waals surface area (Å²) < 4.78 is 37.8. The summed E-state index contributed by atoms with van der Waals surface area (Å²) in [4.78, 5) is 12.8. The first-order valence-corrected chi connectivity index (χ1v) is 12.4. The number of nitrogens with one attached hydrogen (secondary N) is 1. The minimum Gasteiger partial charge on any atom is -0.493 e. The fourth-order valence-electron chi connectivity index (χ4n) is 3.50. The van der Waals surface area contributed by atoms with E-state index in [1.807, 2.05) is 19.1 Å². The van der Waals surface area contributed by atoms with E-state index in [1.54, 1.807) is 30.3 Å². The van der Waals surface area contributed by atoms with E-state index < -0.39 is 10.0 Å². The third-order valence-electron chi connectivity index (χ3n) is 5.74. The molecule has 0 heterocycles. The van der Waals surface area contributed by atoms with E-state index in [0.29, 0.717) is 22.7 Å². The average Bonchev–Trinajstić information content (AvgIpc) is 2.87. The number of rotatable bonds is 9. The van der Waals surface area contributed by atoms with Gasteiger partial charge in [0.1, 0.15) is 0 Å². The molecule has 1 amide bonds. The molecule has 3 aromatic rings. The Labute approximate surface area is 201 Å².